The third kappa shape index (κ3) is 5.73. The van der Waals surface area contributed by atoms with Crippen molar-refractivity contribution in [1.29, 1.82) is 0 Å². The normalized spacial score (nSPS) is 22.4. The standard InChI is InChI=1S/C19H28O/c1-5-9-19(20)18-14-16(3)12-8-11-15(2)10-6-7-13-17(18)4/h5,9-10,12-13,18H,6-8,11,14H2,1-4H3. The molecule has 0 fully saturated rings. The highest BCUT2D eigenvalue weighted by atomic mass is 16.1. The Morgan fingerprint density at radius 2 is 1.70 bits per heavy atom. The van der Waals surface area contributed by atoms with Crippen molar-refractivity contribution in [3.05, 3.63) is 47.1 Å². The van der Waals surface area contributed by atoms with Gasteiger partial charge in [0, 0.05) is 5.92 Å². The third-order valence-corrected chi connectivity index (χ3v) is 3.91. The average molecular weight is 272 g/mol. The van der Waals surface area contributed by atoms with E-state index in [0.29, 0.717) is 0 Å². The molecule has 0 bridgehead atoms. The zero-order valence-electron chi connectivity index (χ0n) is 13.4. The van der Waals surface area contributed by atoms with E-state index in [0.717, 1.165) is 32.1 Å². The van der Waals surface area contributed by atoms with Gasteiger partial charge in [-0.15, -0.1) is 0 Å². The fourth-order valence-electron chi connectivity index (χ4n) is 2.60. The van der Waals surface area contributed by atoms with Crippen molar-refractivity contribution in [3.8, 4) is 0 Å². The van der Waals surface area contributed by atoms with Crippen molar-refractivity contribution in [1.82, 2.24) is 0 Å². The van der Waals surface area contributed by atoms with E-state index in [1.807, 2.05) is 13.0 Å². The Labute approximate surface area is 124 Å². The fraction of sp³-hybridized carbons (Fsp3) is 0.526. The number of ketones is 1. The Bertz CT molecular complexity index is 446. The molecule has 1 heteroatoms. The topological polar surface area (TPSA) is 17.1 Å². The third-order valence-electron chi connectivity index (χ3n) is 3.91. The molecule has 0 saturated carbocycles. The van der Waals surface area contributed by atoms with Gasteiger partial charge in [-0.05, 0) is 65.9 Å². The Kier molecular flexibility index (Phi) is 7.28. The summed E-state index contributed by atoms with van der Waals surface area (Å²) < 4.78 is 0. The smallest absolute Gasteiger partial charge is 0.162 e. The lowest BCUT2D eigenvalue weighted by molar-refractivity contribution is -0.117. The molecule has 1 unspecified atom stereocenters. The molecule has 0 aromatic rings. The van der Waals surface area contributed by atoms with Gasteiger partial charge in [0.2, 0.25) is 0 Å². The van der Waals surface area contributed by atoms with Crippen LogP contribution in [0.4, 0.5) is 0 Å². The quantitative estimate of drug-likeness (QED) is 0.475. The predicted octanol–water partition coefficient (Wildman–Crippen LogP) is 5.55. The van der Waals surface area contributed by atoms with E-state index in [9.17, 15) is 4.79 Å². The summed E-state index contributed by atoms with van der Waals surface area (Å²) in [5.41, 5.74) is 4.02. The van der Waals surface area contributed by atoms with E-state index >= 15 is 0 Å². The zero-order chi connectivity index (χ0) is 15.0. The number of allylic oxidation sites excluding steroid dienone is 8. The van der Waals surface area contributed by atoms with Crippen molar-refractivity contribution < 1.29 is 4.79 Å². The van der Waals surface area contributed by atoms with Gasteiger partial charge < -0.3 is 0 Å². The zero-order valence-corrected chi connectivity index (χ0v) is 13.4. The van der Waals surface area contributed by atoms with E-state index in [1.165, 1.54) is 16.7 Å². The molecule has 1 nitrogen and oxygen atoms in total. The van der Waals surface area contributed by atoms with Gasteiger partial charge >= 0.3 is 0 Å². The maximum absolute atomic E-state index is 12.3. The van der Waals surface area contributed by atoms with Crippen LogP contribution in [-0.2, 0) is 4.79 Å². The van der Waals surface area contributed by atoms with Gasteiger partial charge in [-0.25, -0.2) is 0 Å². The Morgan fingerprint density at radius 3 is 2.40 bits per heavy atom. The first-order chi connectivity index (χ1) is 9.54. The van der Waals surface area contributed by atoms with Gasteiger partial charge in [-0.1, -0.05) is 41.0 Å². The maximum atomic E-state index is 12.3. The van der Waals surface area contributed by atoms with Crippen LogP contribution in [0.1, 0.15) is 59.8 Å². The monoisotopic (exact) mass is 272 g/mol. The highest BCUT2D eigenvalue weighted by molar-refractivity contribution is 5.93. The Hall–Kier alpha value is -1.37. The molecule has 1 aliphatic rings. The summed E-state index contributed by atoms with van der Waals surface area (Å²) in [7, 11) is 0. The highest BCUT2D eigenvalue weighted by Gasteiger charge is 2.18. The number of carbonyl (C=O) groups excluding carboxylic acids is 1. The van der Waals surface area contributed by atoms with Crippen LogP contribution in [0.3, 0.4) is 0 Å². The maximum Gasteiger partial charge on any atom is 0.162 e. The minimum absolute atomic E-state index is 0.0203. The van der Waals surface area contributed by atoms with E-state index in [4.69, 9.17) is 0 Å². The summed E-state index contributed by atoms with van der Waals surface area (Å²) in [6, 6.07) is 0. The van der Waals surface area contributed by atoms with Crippen molar-refractivity contribution in [2.24, 2.45) is 5.92 Å². The molecule has 0 N–H and O–H groups in total. The summed E-state index contributed by atoms with van der Waals surface area (Å²) in [6.45, 7) is 8.36. The summed E-state index contributed by atoms with van der Waals surface area (Å²) in [4.78, 5) is 12.3. The van der Waals surface area contributed by atoms with Gasteiger partial charge in [0.1, 0.15) is 0 Å². The molecule has 1 rings (SSSR count). The van der Waals surface area contributed by atoms with E-state index in [-0.39, 0.29) is 11.7 Å². The van der Waals surface area contributed by atoms with Crippen molar-refractivity contribution >= 4 is 5.78 Å². The largest absolute Gasteiger partial charge is 0.294 e. The number of hydrogen-bond acceptors (Lipinski definition) is 1. The molecule has 0 spiro atoms. The molecular weight excluding hydrogens is 244 g/mol. The molecule has 20 heavy (non-hydrogen) atoms. The lowest BCUT2D eigenvalue weighted by atomic mass is 9.87. The van der Waals surface area contributed by atoms with Crippen molar-refractivity contribution in [2.45, 2.75) is 59.8 Å². The van der Waals surface area contributed by atoms with Crippen LogP contribution in [0.15, 0.2) is 47.1 Å². The fourth-order valence-corrected chi connectivity index (χ4v) is 2.60. The molecule has 110 valence electrons. The summed E-state index contributed by atoms with van der Waals surface area (Å²) in [5, 5.41) is 0. The van der Waals surface area contributed by atoms with Gasteiger partial charge in [0.15, 0.2) is 5.78 Å². The Morgan fingerprint density at radius 1 is 1.05 bits per heavy atom. The molecule has 0 aliphatic heterocycles. The highest BCUT2D eigenvalue weighted by Crippen LogP contribution is 2.24. The minimum atomic E-state index is 0.0203. The van der Waals surface area contributed by atoms with E-state index in [1.54, 1.807) is 6.08 Å². The molecular formula is C19H28O. The Balaban J connectivity index is 2.97. The second-order valence-corrected chi connectivity index (χ2v) is 5.82. The summed E-state index contributed by atoms with van der Waals surface area (Å²) in [5.74, 6) is 0.254. The van der Waals surface area contributed by atoms with Gasteiger partial charge in [-0.3, -0.25) is 4.79 Å². The molecule has 1 atom stereocenters. The summed E-state index contributed by atoms with van der Waals surface area (Å²) in [6.07, 6.45) is 15.6. The van der Waals surface area contributed by atoms with Crippen LogP contribution >= 0.6 is 0 Å². The van der Waals surface area contributed by atoms with Gasteiger partial charge in [-0.2, -0.15) is 0 Å². The first-order valence-corrected chi connectivity index (χ1v) is 7.69. The molecule has 0 amide bonds. The average Bonchev–Trinajstić information content (AvgIpc) is 2.39. The molecule has 0 saturated heterocycles. The molecule has 0 radical (unpaired) electrons. The molecule has 0 aromatic carbocycles. The number of carbonyl (C=O) groups is 1. The lowest BCUT2D eigenvalue weighted by Crippen LogP contribution is -2.14. The van der Waals surface area contributed by atoms with Crippen molar-refractivity contribution in [2.75, 3.05) is 0 Å². The van der Waals surface area contributed by atoms with Crippen LogP contribution in [-0.4, -0.2) is 5.78 Å². The minimum Gasteiger partial charge on any atom is -0.294 e. The lowest BCUT2D eigenvalue weighted by Gasteiger charge is -2.16. The van der Waals surface area contributed by atoms with E-state index < -0.39 is 0 Å². The van der Waals surface area contributed by atoms with Crippen LogP contribution in [0, 0.1) is 5.92 Å². The van der Waals surface area contributed by atoms with Crippen molar-refractivity contribution in [3.63, 3.8) is 0 Å². The van der Waals surface area contributed by atoms with Crippen LogP contribution in [0.2, 0.25) is 0 Å². The second-order valence-electron chi connectivity index (χ2n) is 5.82. The summed E-state index contributed by atoms with van der Waals surface area (Å²) >= 11 is 0. The first-order valence-electron chi connectivity index (χ1n) is 7.69. The predicted molar refractivity (Wildman–Crippen MR) is 87.7 cm³/mol. The second kappa shape index (κ2) is 8.73. The molecule has 0 heterocycles. The number of hydrogen-bond donors (Lipinski definition) is 0. The molecule has 1 aliphatic carbocycles. The van der Waals surface area contributed by atoms with Gasteiger partial charge in [0.05, 0.1) is 0 Å². The number of rotatable bonds is 2. The van der Waals surface area contributed by atoms with Crippen LogP contribution in [0.5, 0.6) is 0 Å². The SMILES string of the molecule is CC=CC(=O)C1CC(C)=CCCC(C)=CCCC=C1C. The molecule has 0 aromatic heterocycles. The van der Waals surface area contributed by atoms with Crippen LogP contribution < -0.4 is 0 Å². The van der Waals surface area contributed by atoms with E-state index in [2.05, 4.69) is 39.0 Å². The first kappa shape index (κ1) is 16.7. The van der Waals surface area contributed by atoms with Crippen LogP contribution in [0.25, 0.3) is 0 Å². The van der Waals surface area contributed by atoms with Gasteiger partial charge in [0.25, 0.3) is 0 Å².